The molecule has 2 N–H and O–H groups in total. The third-order valence-corrected chi connectivity index (χ3v) is 6.16. The molecule has 0 spiro atoms. The fraction of sp³-hybridized carbons (Fsp3) is 0.500. The fourth-order valence-corrected chi connectivity index (χ4v) is 4.95. The Hall–Kier alpha value is -2.43. The van der Waals surface area contributed by atoms with Crippen molar-refractivity contribution in [3.05, 3.63) is 47.3 Å². The number of carbonyl (C=O) groups is 1. The van der Waals surface area contributed by atoms with Crippen LogP contribution in [-0.4, -0.2) is 21.9 Å². The maximum absolute atomic E-state index is 12.8. The van der Waals surface area contributed by atoms with Gasteiger partial charge in [-0.1, -0.05) is 12.5 Å². The first-order valence-corrected chi connectivity index (χ1v) is 9.98. The minimum atomic E-state index is -0.00438. The lowest BCUT2D eigenvalue weighted by Crippen LogP contribution is -2.40. The number of hydrogen-bond acceptors (Lipinski definition) is 4. The Kier molecular flexibility index (Phi) is 4.85. The number of amides is 1. The van der Waals surface area contributed by atoms with Crippen LogP contribution in [-0.2, 0) is 0 Å². The van der Waals surface area contributed by atoms with Crippen LogP contribution in [0.1, 0.15) is 54.4 Å². The van der Waals surface area contributed by atoms with Gasteiger partial charge in [0.1, 0.15) is 0 Å². The van der Waals surface area contributed by atoms with E-state index in [-0.39, 0.29) is 11.9 Å². The van der Waals surface area contributed by atoms with E-state index >= 15 is 0 Å². The van der Waals surface area contributed by atoms with E-state index in [4.69, 9.17) is 0 Å². The third-order valence-electron chi connectivity index (χ3n) is 6.16. The summed E-state index contributed by atoms with van der Waals surface area (Å²) in [6, 6.07) is 9.71. The lowest BCUT2D eigenvalue weighted by Gasteiger charge is -2.28. The van der Waals surface area contributed by atoms with Gasteiger partial charge in [-0.25, -0.2) is 9.97 Å². The van der Waals surface area contributed by atoms with E-state index in [1.807, 2.05) is 44.2 Å². The average molecular weight is 364 g/mol. The first kappa shape index (κ1) is 18.0. The summed E-state index contributed by atoms with van der Waals surface area (Å²) in [6.45, 7) is 6.05. The summed E-state index contributed by atoms with van der Waals surface area (Å²) in [4.78, 5) is 21.6. The molecule has 2 saturated carbocycles. The molecular weight excluding hydrogens is 336 g/mol. The number of fused-ring (bicyclic) bond motifs is 2. The van der Waals surface area contributed by atoms with Gasteiger partial charge < -0.3 is 10.6 Å². The van der Waals surface area contributed by atoms with Crippen molar-refractivity contribution in [1.29, 1.82) is 0 Å². The number of nitrogens with zero attached hydrogens (tertiary/aromatic N) is 2. The second-order valence-corrected chi connectivity index (χ2v) is 8.28. The summed E-state index contributed by atoms with van der Waals surface area (Å²) in [5, 5.41) is 6.44. The van der Waals surface area contributed by atoms with Crippen LogP contribution in [0, 0.1) is 31.6 Å². The van der Waals surface area contributed by atoms with E-state index in [0.717, 1.165) is 28.9 Å². The fourth-order valence-electron chi connectivity index (χ4n) is 4.95. The lowest BCUT2D eigenvalue weighted by molar-refractivity contribution is 0.0915. The van der Waals surface area contributed by atoms with Crippen molar-refractivity contribution < 1.29 is 4.79 Å². The van der Waals surface area contributed by atoms with E-state index in [9.17, 15) is 4.79 Å². The SMILES string of the molecule is Cc1cc(C)nc(Nc2cccc(C(=O)NC(C)C3CC4CCC3C4)c2)n1. The van der Waals surface area contributed by atoms with Gasteiger partial charge in [-0.2, -0.15) is 0 Å². The number of aryl methyl sites for hydroxylation is 2. The van der Waals surface area contributed by atoms with Crippen molar-refractivity contribution in [1.82, 2.24) is 15.3 Å². The minimum Gasteiger partial charge on any atom is -0.349 e. The summed E-state index contributed by atoms with van der Waals surface area (Å²) < 4.78 is 0. The van der Waals surface area contributed by atoms with Crippen molar-refractivity contribution in [2.24, 2.45) is 17.8 Å². The molecule has 0 saturated heterocycles. The highest BCUT2D eigenvalue weighted by Gasteiger charge is 2.42. The summed E-state index contributed by atoms with van der Waals surface area (Å²) >= 11 is 0. The molecular formula is C22H28N4O. The molecule has 4 unspecified atom stereocenters. The lowest BCUT2D eigenvalue weighted by atomic mass is 9.84. The van der Waals surface area contributed by atoms with Gasteiger partial charge in [0.05, 0.1) is 0 Å². The molecule has 2 bridgehead atoms. The topological polar surface area (TPSA) is 66.9 Å². The second kappa shape index (κ2) is 7.29. The molecule has 1 aromatic carbocycles. The normalized spacial score (nSPS) is 24.6. The Morgan fingerprint density at radius 3 is 2.56 bits per heavy atom. The summed E-state index contributed by atoms with van der Waals surface area (Å²) in [5.41, 5.74) is 3.32. The van der Waals surface area contributed by atoms with Crippen molar-refractivity contribution in [2.45, 2.75) is 52.5 Å². The zero-order chi connectivity index (χ0) is 19.0. The quantitative estimate of drug-likeness (QED) is 0.826. The van der Waals surface area contributed by atoms with Crippen LogP contribution < -0.4 is 10.6 Å². The van der Waals surface area contributed by atoms with Crippen molar-refractivity contribution in [2.75, 3.05) is 5.32 Å². The zero-order valence-electron chi connectivity index (χ0n) is 16.3. The standard InChI is InChI=1S/C22H28N4O/c1-13-9-14(2)24-22(23-13)26-19-6-4-5-18(12-19)21(27)25-15(3)20-11-16-7-8-17(20)10-16/h4-6,9,12,15-17,20H,7-8,10-11H2,1-3H3,(H,25,27)(H,23,24,26). The number of anilines is 2. The molecule has 4 rings (SSSR count). The van der Waals surface area contributed by atoms with E-state index in [2.05, 4.69) is 27.5 Å². The molecule has 1 aromatic heterocycles. The molecule has 2 fully saturated rings. The maximum Gasteiger partial charge on any atom is 0.251 e. The molecule has 5 nitrogen and oxygen atoms in total. The Balaban J connectivity index is 1.43. The molecule has 2 aromatic rings. The van der Waals surface area contributed by atoms with Crippen LogP contribution in [0.15, 0.2) is 30.3 Å². The average Bonchev–Trinajstić information content (AvgIpc) is 3.24. The predicted octanol–water partition coefficient (Wildman–Crippen LogP) is 4.39. The molecule has 142 valence electrons. The molecule has 1 amide bonds. The number of aromatic nitrogens is 2. The van der Waals surface area contributed by atoms with Crippen LogP contribution in [0.4, 0.5) is 11.6 Å². The van der Waals surface area contributed by atoms with Gasteiger partial charge in [-0.05, 0) is 82.1 Å². The van der Waals surface area contributed by atoms with Crippen molar-refractivity contribution in [3.8, 4) is 0 Å². The highest BCUT2D eigenvalue weighted by atomic mass is 16.1. The van der Waals surface area contributed by atoms with Gasteiger partial charge in [0.25, 0.3) is 5.91 Å². The Bertz CT molecular complexity index is 830. The van der Waals surface area contributed by atoms with E-state index < -0.39 is 0 Å². The van der Waals surface area contributed by atoms with Crippen molar-refractivity contribution in [3.63, 3.8) is 0 Å². The number of benzene rings is 1. The highest BCUT2D eigenvalue weighted by molar-refractivity contribution is 5.95. The molecule has 5 heteroatoms. The third kappa shape index (κ3) is 3.97. The Morgan fingerprint density at radius 2 is 1.89 bits per heavy atom. The Labute approximate surface area is 161 Å². The van der Waals surface area contributed by atoms with E-state index in [1.54, 1.807) is 0 Å². The van der Waals surface area contributed by atoms with Crippen LogP contribution in [0.2, 0.25) is 0 Å². The molecule has 4 atom stereocenters. The van der Waals surface area contributed by atoms with Crippen LogP contribution >= 0.6 is 0 Å². The maximum atomic E-state index is 12.8. The molecule has 27 heavy (non-hydrogen) atoms. The smallest absolute Gasteiger partial charge is 0.251 e. The number of carbonyl (C=O) groups excluding carboxylic acids is 1. The molecule has 2 aliphatic rings. The molecule has 0 aliphatic heterocycles. The zero-order valence-corrected chi connectivity index (χ0v) is 16.3. The number of rotatable bonds is 5. The van der Waals surface area contributed by atoms with Gasteiger partial charge in [0.15, 0.2) is 0 Å². The Morgan fingerprint density at radius 1 is 1.11 bits per heavy atom. The summed E-state index contributed by atoms with van der Waals surface area (Å²) in [7, 11) is 0. The number of hydrogen-bond donors (Lipinski definition) is 2. The van der Waals surface area contributed by atoms with Crippen LogP contribution in [0.25, 0.3) is 0 Å². The van der Waals surface area contributed by atoms with Gasteiger partial charge in [-0.15, -0.1) is 0 Å². The monoisotopic (exact) mass is 364 g/mol. The molecule has 0 radical (unpaired) electrons. The van der Waals surface area contributed by atoms with Crippen LogP contribution in [0.5, 0.6) is 0 Å². The minimum absolute atomic E-state index is 0.00438. The van der Waals surface area contributed by atoms with Gasteiger partial charge >= 0.3 is 0 Å². The van der Waals surface area contributed by atoms with Crippen LogP contribution in [0.3, 0.4) is 0 Å². The highest BCUT2D eigenvalue weighted by Crippen LogP contribution is 2.49. The van der Waals surface area contributed by atoms with Gasteiger partial charge in [-0.3, -0.25) is 4.79 Å². The largest absolute Gasteiger partial charge is 0.349 e. The van der Waals surface area contributed by atoms with Gasteiger partial charge in [0.2, 0.25) is 5.95 Å². The van der Waals surface area contributed by atoms with E-state index in [1.165, 1.54) is 25.7 Å². The predicted molar refractivity (Wildman–Crippen MR) is 107 cm³/mol. The molecule has 1 heterocycles. The molecule has 2 aliphatic carbocycles. The summed E-state index contributed by atoms with van der Waals surface area (Å²) in [5.74, 6) is 2.89. The van der Waals surface area contributed by atoms with Crippen molar-refractivity contribution >= 4 is 17.5 Å². The second-order valence-electron chi connectivity index (χ2n) is 8.28. The summed E-state index contributed by atoms with van der Waals surface area (Å²) in [6.07, 6.45) is 5.36. The number of nitrogens with one attached hydrogen (secondary N) is 2. The van der Waals surface area contributed by atoms with Gasteiger partial charge in [0, 0.05) is 28.7 Å². The first-order valence-electron chi connectivity index (χ1n) is 9.98. The first-order chi connectivity index (χ1) is 13.0. The van der Waals surface area contributed by atoms with E-state index in [0.29, 0.717) is 17.4 Å².